The van der Waals surface area contributed by atoms with Gasteiger partial charge in [-0.1, -0.05) is 32.3 Å². The number of carbonyl (C=O) groups is 1. The summed E-state index contributed by atoms with van der Waals surface area (Å²) in [5, 5.41) is 2.83. The molecule has 0 saturated heterocycles. The van der Waals surface area contributed by atoms with Crippen molar-refractivity contribution in [3.05, 3.63) is 12.7 Å². The van der Waals surface area contributed by atoms with Crippen molar-refractivity contribution in [3.63, 3.8) is 0 Å². The molecule has 0 bridgehead atoms. The highest BCUT2D eigenvalue weighted by molar-refractivity contribution is 5.73. The maximum Gasteiger partial charge on any atom is 0.217 e. The second-order valence-electron chi connectivity index (χ2n) is 3.04. The summed E-state index contributed by atoms with van der Waals surface area (Å²) < 4.78 is 0. The molecule has 1 unspecified atom stereocenters. The molecular weight excluding hydrogens is 150 g/mol. The molecule has 0 radical (unpaired) electrons. The minimum Gasteiger partial charge on any atom is -0.350 e. The van der Waals surface area contributed by atoms with Crippen LogP contribution in [0.5, 0.6) is 0 Å². The summed E-state index contributed by atoms with van der Waals surface area (Å²) in [4.78, 5) is 10.7. The SMILES string of the molecule is C=CC(CCCCC)NC(C)=O. The summed E-state index contributed by atoms with van der Waals surface area (Å²) in [7, 11) is 0. The summed E-state index contributed by atoms with van der Waals surface area (Å²) in [6.07, 6.45) is 6.41. The van der Waals surface area contributed by atoms with Crippen LogP contribution in [-0.2, 0) is 4.79 Å². The molecule has 0 aromatic rings. The lowest BCUT2D eigenvalue weighted by molar-refractivity contribution is -0.119. The van der Waals surface area contributed by atoms with Crippen LogP contribution in [0.25, 0.3) is 0 Å². The van der Waals surface area contributed by atoms with Gasteiger partial charge in [-0.15, -0.1) is 6.58 Å². The number of unbranched alkanes of at least 4 members (excludes halogenated alkanes) is 2. The second-order valence-corrected chi connectivity index (χ2v) is 3.04. The van der Waals surface area contributed by atoms with Crippen molar-refractivity contribution in [3.8, 4) is 0 Å². The van der Waals surface area contributed by atoms with Crippen LogP contribution >= 0.6 is 0 Å². The van der Waals surface area contributed by atoms with E-state index in [9.17, 15) is 4.79 Å². The highest BCUT2D eigenvalue weighted by Crippen LogP contribution is 2.03. The van der Waals surface area contributed by atoms with Gasteiger partial charge in [0.1, 0.15) is 0 Å². The molecule has 0 heterocycles. The smallest absolute Gasteiger partial charge is 0.217 e. The van der Waals surface area contributed by atoms with Gasteiger partial charge in [0, 0.05) is 13.0 Å². The zero-order valence-corrected chi connectivity index (χ0v) is 8.10. The van der Waals surface area contributed by atoms with Crippen LogP contribution in [0.3, 0.4) is 0 Å². The molecule has 1 N–H and O–H groups in total. The summed E-state index contributed by atoms with van der Waals surface area (Å²) in [5.74, 6) is 0.0244. The first-order valence-electron chi connectivity index (χ1n) is 4.60. The van der Waals surface area contributed by atoms with Crippen LogP contribution < -0.4 is 5.32 Å². The molecular formula is C10H19NO. The van der Waals surface area contributed by atoms with Crippen molar-refractivity contribution in [1.82, 2.24) is 5.32 Å². The van der Waals surface area contributed by atoms with E-state index in [1.165, 1.54) is 19.8 Å². The first-order valence-corrected chi connectivity index (χ1v) is 4.60. The molecule has 0 aromatic heterocycles. The van der Waals surface area contributed by atoms with Gasteiger partial charge in [0.05, 0.1) is 0 Å². The molecule has 0 aliphatic carbocycles. The average molecular weight is 169 g/mol. The maximum atomic E-state index is 10.7. The fraction of sp³-hybridized carbons (Fsp3) is 0.700. The third-order valence-corrected chi connectivity index (χ3v) is 1.79. The molecule has 0 aliphatic rings. The summed E-state index contributed by atoms with van der Waals surface area (Å²) in [6.45, 7) is 7.38. The van der Waals surface area contributed by atoms with Crippen LogP contribution in [-0.4, -0.2) is 11.9 Å². The topological polar surface area (TPSA) is 29.1 Å². The first-order chi connectivity index (χ1) is 5.70. The van der Waals surface area contributed by atoms with E-state index < -0.39 is 0 Å². The Kier molecular flexibility index (Phi) is 6.44. The lowest BCUT2D eigenvalue weighted by Crippen LogP contribution is -2.31. The molecule has 0 rings (SSSR count). The lowest BCUT2D eigenvalue weighted by Gasteiger charge is -2.12. The summed E-state index contributed by atoms with van der Waals surface area (Å²) in [6, 6.07) is 0.161. The Morgan fingerprint density at radius 2 is 2.25 bits per heavy atom. The van der Waals surface area contributed by atoms with Gasteiger partial charge in [-0.3, -0.25) is 4.79 Å². The Morgan fingerprint density at radius 1 is 1.58 bits per heavy atom. The molecule has 12 heavy (non-hydrogen) atoms. The quantitative estimate of drug-likeness (QED) is 0.479. The van der Waals surface area contributed by atoms with E-state index >= 15 is 0 Å². The van der Waals surface area contributed by atoms with Crippen molar-refractivity contribution >= 4 is 5.91 Å². The standard InChI is InChI=1S/C10H19NO/c1-4-6-7-8-10(5-2)11-9(3)12/h5,10H,2,4,6-8H2,1,3H3,(H,11,12). The largest absolute Gasteiger partial charge is 0.350 e. The van der Waals surface area contributed by atoms with Gasteiger partial charge in [0.15, 0.2) is 0 Å². The van der Waals surface area contributed by atoms with Gasteiger partial charge in [0.2, 0.25) is 5.91 Å². The van der Waals surface area contributed by atoms with Crippen molar-refractivity contribution in [2.24, 2.45) is 0 Å². The second kappa shape index (κ2) is 6.89. The lowest BCUT2D eigenvalue weighted by atomic mass is 10.1. The number of rotatable bonds is 6. The minimum atomic E-state index is 0.0244. The van der Waals surface area contributed by atoms with Crippen molar-refractivity contribution in [2.75, 3.05) is 0 Å². The maximum absolute atomic E-state index is 10.7. The van der Waals surface area contributed by atoms with E-state index in [0.717, 1.165) is 12.8 Å². The molecule has 0 fully saturated rings. The van der Waals surface area contributed by atoms with E-state index in [1.54, 1.807) is 6.08 Å². The number of hydrogen-bond acceptors (Lipinski definition) is 1. The molecule has 0 spiro atoms. The zero-order chi connectivity index (χ0) is 9.40. The fourth-order valence-electron chi connectivity index (χ4n) is 1.12. The Balaban J connectivity index is 3.53. The van der Waals surface area contributed by atoms with Crippen LogP contribution in [0.2, 0.25) is 0 Å². The third kappa shape index (κ3) is 5.96. The molecule has 70 valence electrons. The van der Waals surface area contributed by atoms with Crippen molar-refractivity contribution in [1.29, 1.82) is 0 Å². The first kappa shape index (κ1) is 11.2. The normalized spacial score (nSPS) is 12.2. The molecule has 1 atom stereocenters. The van der Waals surface area contributed by atoms with E-state index in [0.29, 0.717) is 0 Å². The van der Waals surface area contributed by atoms with Gasteiger partial charge in [-0.05, 0) is 6.42 Å². The fourth-order valence-corrected chi connectivity index (χ4v) is 1.12. The van der Waals surface area contributed by atoms with E-state index in [-0.39, 0.29) is 11.9 Å². The van der Waals surface area contributed by atoms with Gasteiger partial charge < -0.3 is 5.32 Å². The van der Waals surface area contributed by atoms with Gasteiger partial charge >= 0.3 is 0 Å². The Morgan fingerprint density at radius 3 is 2.67 bits per heavy atom. The minimum absolute atomic E-state index is 0.0244. The summed E-state index contributed by atoms with van der Waals surface area (Å²) >= 11 is 0. The number of nitrogens with one attached hydrogen (secondary N) is 1. The van der Waals surface area contributed by atoms with Crippen molar-refractivity contribution in [2.45, 2.75) is 45.6 Å². The van der Waals surface area contributed by atoms with E-state index in [1.807, 2.05) is 0 Å². The number of carbonyl (C=O) groups excluding carboxylic acids is 1. The third-order valence-electron chi connectivity index (χ3n) is 1.79. The molecule has 1 amide bonds. The highest BCUT2D eigenvalue weighted by atomic mass is 16.1. The Hall–Kier alpha value is -0.790. The number of hydrogen-bond donors (Lipinski definition) is 1. The molecule has 0 aromatic carbocycles. The van der Waals surface area contributed by atoms with Gasteiger partial charge in [-0.2, -0.15) is 0 Å². The molecule has 2 nitrogen and oxygen atoms in total. The van der Waals surface area contributed by atoms with E-state index in [4.69, 9.17) is 0 Å². The van der Waals surface area contributed by atoms with Gasteiger partial charge in [0.25, 0.3) is 0 Å². The molecule has 2 heteroatoms. The summed E-state index contributed by atoms with van der Waals surface area (Å²) in [5.41, 5.74) is 0. The molecule has 0 aliphatic heterocycles. The monoisotopic (exact) mass is 169 g/mol. The van der Waals surface area contributed by atoms with Crippen molar-refractivity contribution < 1.29 is 4.79 Å². The Bertz CT molecular complexity index is 143. The predicted octanol–water partition coefficient (Wildman–Crippen LogP) is 2.26. The van der Waals surface area contributed by atoms with E-state index in [2.05, 4.69) is 18.8 Å². The number of amides is 1. The average Bonchev–Trinajstić information content (AvgIpc) is 2.02. The zero-order valence-electron chi connectivity index (χ0n) is 8.10. The van der Waals surface area contributed by atoms with Gasteiger partial charge in [-0.25, -0.2) is 0 Å². The Labute approximate surface area is 75.0 Å². The van der Waals surface area contributed by atoms with Crippen LogP contribution in [0.4, 0.5) is 0 Å². The van der Waals surface area contributed by atoms with Crippen LogP contribution in [0, 0.1) is 0 Å². The van der Waals surface area contributed by atoms with Crippen LogP contribution in [0.15, 0.2) is 12.7 Å². The highest BCUT2D eigenvalue weighted by Gasteiger charge is 2.03. The predicted molar refractivity (Wildman–Crippen MR) is 51.9 cm³/mol. The van der Waals surface area contributed by atoms with Crippen LogP contribution in [0.1, 0.15) is 39.5 Å². The molecule has 0 saturated carbocycles.